The third-order valence-electron chi connectivity index (χ3n) is 9.42. The number of aryl methyl sites for hydroxylation is 1. The first-order valence-corrected chi connectivity index (χ1v) is 20.4. The number of amides is 6. The number of hydrogen-bond acceptors (Lipinski definition) is 12. The zero-order valence-electron chi connectivity index (χ0n) is 35.8. The van der Waals surface area contributed by atoms with Gasteiger partial charge in [-0.2, -0.15) is 0 Å². The van der Waals surface area contributed by atoms with Crippen molar-refractivity contribution in [3.05, 3.63) is 83.9 Å². The molecule has 2 aromatic rings. The molecule has 0 fully saturated rings. The number of carbonyl (C=O) groups is 9. The SMILES string of the molecule is C=CCC(NC(=O)[C@H](CC(C)C)NC(=O)[C@H](Cc1ccccc1)NC(=O)[C@H](Cc1ccccc1C)NC(=O)[C@H](CCC(=O)O)NC(=O)[C@H](CC(=O)O)NC(=O)CCC(=O)O)OB(O)O. The van der Waals surface area contributed by atoms with Crippen LogP contribution < -0.4 is 31.9 Å². The van der Waals surface area contributed by atoms with Gasteiger partial charge in [-0.05, 0) is 42.4 Å². The average Bonchev–Trinajstić information content (AvgIpc) is 3.20. The fourth-order valence-electron chi connectivity index (χ4n) is 6.23. The third-order valence-corrected chi connectivity index (χ3v) is 9.42. The van der Waals surface area contributed by atoms with Crippen LogP contribution in [0.3, 0.4) is 0 Å². The Kier molecular flexibility index (Phi) is 22.9. The van der Waals surface area contributed by atoms with Gasteiger partial charge in [0, 0.05) is 32.1 Å². The Morgan fingerprint density at radius 2 is 1.14 bits per heavy atom. The molecule has 0 aliphatic heterocycles. The average molecular weight is 897 g/mol. The van der Waals surface area contributed by atoms with Gasteiger partial charge in [0.05, 0.1) is 12.8 Å². The molecular formula is C42H57BN6O15. The molecule has 0 heterocycles. The van der Waals surface area contributed by atoms with Gasteiger partial charge in [0.1, 0.15) is 36.4 Å². The fourth-order valence-corrected chi connectivity index (χ4v) is 6.23. The monoisotopic (exact) mass is 896 g/mol. The first kappa shape index (κ1) is 53.5. The zero-order valence-corrected chi connectivity index (χ0v) is 35.8. The van der Waals surface area contributed by atoms with E-state index in [1.807, 2.05) is 0 Å². The van der Waals surface area contributed by atoms with Gasteiger partial charge in [-0.15, -0.1) is 6.58 Å². The Bertz CT molecular complexity index is 1950. The number of nitrogens with one attached hydrogen (secondary N) is 6. The molecule has 64 heavy (non-hydrogen) atoms. The highest BCUT2D eigenvalue weighted by molar-refractivity contribution is 6.32. The van der Waals surface area contributed by atoms with Crippen LogP contribution in [0.4, 0.5) is 0 Å². The van der Waals surface area contributed by atoms with Crippen LogP contribution in [0.1, 0.15) is 75.5 Å². The Balaban J connectivity index is 2.53. The van der Waals surface area contributed by atoms with Crippen molar-refractivity contribution in [2.75, 3.05) is 0 Å². The van der Waals surface area contributed by atoms with Crippen molar-refractivity contribution in [3.8, 4) is 0 Å². The number of carboxylic acids is 3. The molecule has 0 aliphatic carbocycles. The molecule has 2 rings (SSSR count). The summed E-state index contributed by atoms with van der Waals surface area (Å²) in [4.78, 5) is 116. The van der Waals surface area contributed by atoms with Gasteiger partial charge in [-0.25, -0.2) is 0 Å². The molecule has 0 saturated heterocycles. The summed E-state index contributed by atoms with van der Waals surface area (Å²) in [6, 6.07) is 7.70. The van der Waals surface area contributed by atoms with Crippen molar-refractivity contribution in [2.45, 2.75) is 115 Å². The maximum Gasteiger partial charge on any atom is 0.635 e. The van der Waals surface area contributed by atoms with Gasteiger partial charge in [-0.3, -0.25) is 43.2 Å². The minimum absolute atomic E-state index is 0.0265. The molecule has 11 N–H and O–H groups in total. The molecule has 0 spiro atoms. The number of benzene rings is 2. The summed E-state index contributed by atoms with van der Waals surface area (Å²) in [5, 5.41) is 61.2. The Labute approximate surface area is 370 Å². The van der Waals surface area contributed by atoms with E-state index in [9.17, 15) is 63.4 Å². The van der Waals surface area contributed by atoms with Crippen molar-refractivity contribution in [1.82, 2.24) is 31.9 Å². The Morgan fingerprint density at radius 1 is 0.625 bits per heavy atom. The second kappa shape index (κ2) is 27.4. The van der Waals surface area contributed by atoms with Gasteiger partial charge in [0.2, 0.25) is 35.4 Å². The third kappa shape index (κ3) is 20.5. The van der Waals surface area contributed by atoms with Crippen LogP contribution in [0.2, 0.25) is 0 Å². The lowest BCUT2D eigenvalue weighted by molar-refractivity contribution is -0.142. The van der Waals surface area contributed by atoms with Gasteiger partial charge < -0.3 is 61.9 Å². The molecule has 2 aromatic carbocycles. The molecule has 21 nitrogen and oxygen atoms in total. The van der Waals surface area contributed by atoms with Crippen LogP contribution in [0.5, 0.6) is 0 Å². The van der Waals surface area contributed by atoms with E-state index in [1.54, 1.807) is 75.4 Å². The highest BCUT2D eigenvalue weighted by Gasteiger charge is 2.34. The fraction of sp³-hybridized carbons (Fsp3) is 0.452. The lowest BCUT2D eigenvalue weighted by Crippen LogP contribution is -2.60. The van der Waals surface area contributed by atoms with Crippen LogP contribution in [-0.2, 0) is 60.6 Å². The van der Waals surface area contributed by atoms with E-state index in [1.165, 1.54) is 6.08 Å². The standard InChI is InChI=1S/C42H57BN6O15/c1-5-11-34(64-43(62)63)49-42(61)29(20-24(2)3)46-39(58)30(21-26-13-7-6-8-14-26)47-40(59)31(22-27-15-10-9-12-25(27)4)48-38(57)28(16-18-35(51)52)45-41(60)32(23-37(55)56)44-33(50)17-19-36(53)54/h5-10,12-15,24,28-32,34,62-63H,1,11,16-23H2,2-4H3,(H,44,50)(H,45,60)(H,46,58)(H,47,59)(H,48,57)(H,49,61)(H,51,52)(H,53,54)(H,55,56)/t28-,29-,30-,31-,32-,34?/m0/s1. The van der Waals surface area contributed by atoms with Gasteiger partial charge in [-0.1, -0.05) is 74.5 Å². The summed E-state index contributed by atoms with van der Waals surface area (Å²) in [5.74, 6) is -10.2. The lowest BCUT2D eigenvalue weighted by Gasteiger charge is -2.28. The molecule has 22 heteroatoms. The molecule has 0 aromatic heterocycles. The highest BCUT2D eigenvalue weighted by atomic mass is 16.6. The van der Waals surface area contributed by atoms with Gasteiger partial charge in [0.15, 0.2) is 0 Å². The summed E-state index contributed by atoms with van der Waals surface area (Å²) in [6.07, 6.45) is -3.57. The summed E-state index contributed by atoms with van der Waals surface area (Å²) < 4.78 is 4.93. The maximum atomic E-state index is 14.4. The van der Waals surface area contributed by atoms with Crippen LogP contribution in [0.25, 0.3) is 0 Å². The summed E-state index contributed by atoms with van der Waals surface area (Å²) >= 11 is 0. The van der Waals surface area contributed by atoms with Crippen molar-refractivity contribution in [3.63, 3.8) is 0 Å². The molecule has 6 atom stereocenters. The van der Waals surface area contributed by atoms with Gasteiger partial charge in [0.25, 0.3) is 0 Å². The minimum Gasteiger partial charge on any atom is -0.481 e. The van der Waals surface area contributed by atoms with Crippen LogP contribution in [0, 0.1) is 12.8 Å². The highest BCUT2D eigenvalue weighted by Crippen LogP contribution is 2.14. The van der Waals surface area contributed by atoms with E-state index in [-0.39, 0.29) is 31.6 Å². The number of aliphatic carboxylic acids is 3. The molecule has 0 aliphatic rings. The molecule has 0 radical (unpaired) electrons. The number of carboxylic acid groups (broad SMARTS) is 3. The molecule has 1 unspecified atom stereocenters. The topological polar surface area (TPSA) is 336 Å². The number of carbonyl (C=O) groups excluding carboxylic acids is 6. The number of hydrogen-bond donors (Lipinski definition) is 11. The Morgan fingerprint density at radius 3 is 1.69 bits per heavy atom. The first-order valence-electron chi connectivity index (χ1n) is 20.4. The predicted octanol–water partition coefficient (Wildman–Crippen LogP) is -0.541. The van der Waals surface area contributed by atoms with Gasteiger partial charge >= 0.3 is 25.2 Å². The normalized spacial score (nSPS) is 13.7. The quantitative estimate of drug-likeness (QED) is 0.0278. The predicted molar refractivity (Wildman–Crippen MR) is 228 cm³/mol. The van der Waals surface area contributed by atoms with Crippen molar-refractivity contribution >= 4 is 60.7 Å². The summed E-state index contributed by atoms with van der Waals surface area (Å²) in [5.41, 5.74) is 1.86. The first-order chi connectivity index (χ1) is 30.2. The second-order valence-corrected chi connectivity index (χ2v) is 15.2. The van der Waals surface area contributed by atoms with Crippen molar-refractivity contribution in [1.29, 1.82) is 0 Å². The molecular weight excluding hydrogens is 839 g/mol. The second-order valence-electron chi connectivity index (χ2n) is 15.2. The molecule has 6 amide bonds. The minimum atomic E-state index is -2.23. The van der Waals surface area contributed by atoms with E-state index in [0.717, 1.165) is 0 Å². The molecule has 348 valence electrons. The summed E-state index contributed by atoms with van der Waals surface area (Å²) in [6.45, 7) is 8.89. The van der Waals surface area contributed by atoms with E-state index in [0.29, 0.717) is 16.7 Å². The Hall–Kier alpha value is -6.65. The molecule has 0 saturated carbocycles. The summed E-state index contributed by atoms with van der Waals surface area (Å²) in [7, 11) is -2.23. The molecule has 0 bridgehead atoms. The van der Waals surface area contributed by atoms with Crippen LogP contribution in [0.15, 0.2) is 67.3 Å². The van der Waals surface area contributed by atoms with E-state index in [4.69, 9.17) is 9.76 Å². The van der Waals surface area contributed by atoms with Crippen molar-refractivity contribution in [2.24, 2.45) is 5.92 Å². The smallest absolute Gasteiger partial charge is 0.481 e. The van der Waals surface area contributed by atoms with Crippen LogP contribution in [-0.4, -0.2) is 122 Å². The van der Waals surface area contributed by atoms with E-state index in [2.05, 4.69) is 38.5 Å². The van der Waals surface area contributed by atoms with E-state index >= 15 is 0 Å². The zero-order chi connectivity index (χ0) is 47.9. The van der Waals surface area contributed by atoms with Crippen LogP contribution >= 0.6 is 0 Å². The van der Waals surface area contributed by atoms with Crippen molar-refractivity contribution < 1.29 is 73.2 Å². The van der Waals surface area contributed by atoms with E-state index < -0.39 is 129 Å². The number of rotatable bonds is 29. The largest absolute Gasteiger partial charge is 0.635 e. The maximum absolute atomic E-state index is 14.4. The lowest BCUT2D eigenvalue weighted by atomic mass is 9.98.